The first-order chi connectivity index (χ1) is 14.8. The van der Waals surface area contributed by atoms with Crippen molar-refractivity contribution in [1.29, 1.82) is 0 Å². The molecular weight excluding hydrogens is 441 g/mol. The number of hydrogen-bond acceptors (Lipinski definition) is 2. The summed E-state index contributed by atoms with van der Waals surface area (Å²) in [6.07, 6.45) is -5.85. The maximum atomic E-state index is 13.8. The molecule has 4 aliphatic carbocycles. The fourth-order valence-corrected chi connectivity index (χ4v) is 6.54. The Bertz CT molecular complexity index is 815. The molecule has 3 nitrogen and oxygen atoms in total. The highest BCUT2D eigenvalue weighted by Gasteiger charge is 2.72. The Hall–Kier alpha value is -1.84. The molecule has 1 aromatic rings. The molecule has 0 aromatic heterocycles. The van der Waals surface area contributed by atoms with Crippen molar-refractivity contribution in [3.05, 3.63) is 35.6 Å². The number of rotatable bonds is 6. The van der Waals surface area contributed by atoms with Crippen LogP contribution in [0.3, 0.4) is 0 Å². The molecule has 0 radical (unpaired) electrons. The first kappa shape index (κ1) is 23.3. The number of carbonyl (C=O) groups is 1. The van der Waals surface area contributed by atoms with Gasteiger partial charge in [-0.3, -0.25) is 10.1 Å². The molecule has 1 amide bonds. The molecule has 0 atom stereocenters. The Morgan fingerprint density at radius 1 is 0.906 bits per heavy atom. The van der Waals surface area contributed by atoms with Crippen molar-refractivity contribution in [2.75, 3.05) is 6.54 Å². The van der Waals surface area contributed by atoms with Gasteiger partial charge >= 0.3 is 12.4 Å². The van der Waals surface area contributed by atoms with Gasteiger partial charge in [-0.05, 0) is 86.8 Å². The Morgan fingerprint density at radius 2 is 1.41 bits per heavy atom. The van der Waals surface area contributed by atoms with E-state index < -0.39 is 41.8 Å². The summed E-state index contributed by atoms with van der Waals surface area (Å²) >= 11 is 0. The lowest BCUT2D eigenvalue weighted by Crippen LogP contribution is -2.75. The molecule has 4 saturated carbocycles. The van der Waals surface area contributed by atoms with Gasteiger partial charge in [0.15, 0.2) is 0 Å². The van der Waals surface area contributed by atoms with Crippen LogP contribution in [0.4, 0.5) is 30.7 Å². The van der Waals surface area contributed by atoms with Crippen molar-refractivity contribution >= 4 is 5.91 Å². The van der Waals surface area contributed by atoms with Gasteiger partial charge in [0.2, 0.25) is 0 Å². The topological polar surface area (TPSA) is 41.1 Å². The minimum absolute atomic E-state index is 0.167. The molecule has 1 aromatic carbocycles. The first-order valence-electron chi connectivity index (χ1n) is 10.8. The lowest BCUT2D eigenvalue weighted by Gasteiger charge is -2.57. The number of amides is 1. The summed E-state index contributed by atoms with van der Waals surface area (Å²) in [4.78, 5) is 12.3. The van der Waals surface area contributed by atoms with Crippen LogP contribution in [0.1, 0.15) is 55.3 Å². The summed E-state index contributed by atoms with van der Waals surface area (Å²) in [5, 5.41) is 2.64. The van der Waals surface area contributed by atoms with Gasteiger partial charge in [0.25, 0.3) is 11.6 Å². The van der Waals surface area contributed by atoms with Crippen molar-refractivity contribution in [2.45, 2.75) is 63.0 Å². The van der Waals surface area contributed by atoms with Crippen molar-refractivity contribution in [2.24, 2.45) is 23.2 Å². The highest BCUT2D eigenvalue weighted by molar-refractivity contribution is 5.95. The summed E-state index contributed by atoms with van der Waals surface area (Å²) in [6, 6.07) is 3.95. The zero-order valence-electron chi connectivity index (χ0n) is 17.3. The molecule has 0 heterocycles. The summed E-state index contributed by atoms with van der Waals surface area (Å²) < 4.78 is 96.9. The quantitative estimate of drug-likeness (QED) is 0.425. The van der Waals surface area contributed by atoms with Gasteiger partial charge < -0.3 is 5.32 Å². The maximum Gasteiger partial charge on any atom is 0.434 e. The van der Waals surface area contributed by atoms with E-state index in [4.69, 9.17) is 0 Å². The lowest BCUT2D eigenvalue weighted by molar-refractivity contribution is -0.314. The van der Waals surface area contributed by atoms with Crippen LogP contribution in [0.15, 0.2) is 24.3 Å². The minimum Gasteiger partial charge on any atom is -0.318 e. The standard InChI is InChI=1S/C22H25F7N2O/c23-17-4-2-1-3-16(17)18(32)31-20(21(24,25)26,22(27,28)29)30-6-5-19-10-13-7-14(11-19)9-15(8-13)12-19/h1-4,13-15,30H,5-12H2,(H,31,32). The first-order valence-corrected chi connectivity index (χ1v) is 10.8. The third kappa shape index (κ3) is 4.10. The van der Waals surface area contributed by atoms with Crippen LogP contribution in [-0.2, 0) is 0 Å². The average molecular weight is 466 g/mol. The van der Waals surface area contributed by atoms with E-state index in [1.54, 1.807) is 5.32 Å². The monoisotopic (exact) mass is 466 g/mol. The van der Waals surface area contributed by atoms with Crippen molar-refractivity contribution < 1.29 is 35.5 Å². The molecule has 5 rings (SSSR count). The molecule has 4 aliphatic rings. The molecule has 0 spiro atoms. The lowest BCUT2D eigenvalue weighted by atomic mass is 9.49. The number of benzene rings is 1. The second-order valence-electron chi connectivity index (χ2n) is 9.77. The fourth-order valence-electron chi connectivity index (χ4n) is 6.54. The van der Waals surface area contributed by atoms with E-state index in [0.717, 1.165) is 62.0 Å². The van der Waals surface area contributed by atoms with Crippen LogP contribution in [-0.4, -0.2) is 30.5 Å². The van der Waals surface area contributed by atoms with Gasteiger partial charge in [0, 0.05) is 0 Å². The molecule has 178 valence electrons. The average Bonchev–Trinajstić information content (AvgIpc) is 2.64. The van der Waals surface area contributed by atoms with Crippen LogP contribution in [0, 0.1) is 29.0 Å². The van der Waals surface area contributed by atoms with E-state index in [2.05, 4.69) is 0 Å². The van der Waals surface area contributed by atoms with E-state index in [1.165, 1.54) is 6.07 Å². The molecule has 4 bridgehead atoms. The predicted molar refractivity (Wildman–Crippen MR) is 102 cm³/mol. The van der Waals surface area contributed by atoms with E-state index in [1.807, 2.05) is 0 Å². The van der Waals surface area contributed by atoms with Crippen molar-refractivity contribution in [3.63, 3.8) is 0 Å². The number of hydrogen-bond donors (Lipinski definition) is 2. The van der Waals surface area contributed by atoms with Gasteiger partial charge in [-0.25, -0.2) is 4.39 Å². The van der Waals surface area contributed by atoms with Gasteiger partial charge in [-0.15, -0.1) is 0 Å². The number of alkyl halides is 6. The van der Waals surface area contributed by atoms with Gasteiger partial charge in [-0.1, -0.05) is 12.1 Å². The molecule has 32 heavy (non-hydrogen) atoms. The van der Waals surface area contributed by atoms with Crippen LogP contribution < -0.4 is 10.6 Å². The summed E-state index contributed by atoms with van der Waals surface area (Å²) in [5.41, 5.74) is -5.82. The van der Waals surface area contributed by atoms with Crippen LogP contribution in [0.5, 0.6) is 0 Å². The molecule has 2 N–H and O–H groups in total. The van der Waals surface area contributed by atoms with E-state index in [-0.39, 0.29) is 11.8 Å². The second kappa shape index (κ2) is 7.88. The largest absolute Gasteiger partial charge is 0.434 e. The van der Waals surface area contributed by atoms with Gasteiger partial charge in [-0.2, -0.15) is 26.3 Å². The smallest absolute Gasteiger partial charge is 0.318 e. The summed E-state index contributed by atoms with van der Waals surface area (Å²) in [6.45, 7) is -0.567. The summed E-state index contributed by atoms with van der Waals surface area (Å²) in [5.74, 6) is -1.51. The summed E-state index contributed by atoms with van der Waals surface area (Å²) in [7, 11) is 0. The fraction of sp³-hybridized carbons (Fsp3) is 0.682. The molecule has 0 unspecified atom stereocenters. The predicted octanol–water partition coefficient (Wildman–Crippen LogP) is 5.57. The van der Waals surface area contributed by atoms with Crippen LogP contribution >= 0.6 is 0 Å². The molecule has 0 saturated heterocycles. The SMILES string of the molecule is O=C(NC(NCCC12CC3CC(CC(C3)C1)C2)(C(F)(F)F)C(F)(F)F)c1ccccc1F. The van der Waals surface area contributed by atoms with Crippen LogP contribution in [0.25, 0.3) is 0 Å². The van der Waals surface area contributed by atoms with E-state index >= 15 is 0 Å². The maximum absolute atomic E-state index is 13.8. The molecule has 0 aliphatic heterocycles. The van der Waals surface area contributed by atoms with E-state index in [0.29, 0.717) is 17.8 Å². The van der Waals surface area contributed by atoms with Gasteiger partial charge in [0.05, 0.1) is 5.56 Å². The normalized spacial score (nSPS) is 29.9. The Balaban J connectivity index is 1.55. The zero-order valence-corrected chi connectivity index (χ0v) is 17.3. The van der Waals surface area contributed by atoms with Crippen molar-refractivity contribution in [1.82, 2.24) is 10.6 Å². The molecule has 10 heteroatoms. The Labute approximate surface area is 181 Å². The van der Waals surface area contributed by atoms with Crippen molar-refractivity contribution in [3.8, 4) is 0 Å². The number of nitrogens with one attached hydrogen (secondary N) is 2. The zero-order chi connectivity index (χ0) is 23.4. The van der Waals surface area contributed by atoms with Gasteiger partial charge in [0.1, 0.15) is 5.82 Å². The third-order valence-electron chi connectivity index (χ3n) is 7.48. The van der Waals surface area contributed by atoms with Crippen LogP contribution in [0.2, 0.25) is 0 Å². The van der Waals surface area contributed by atoms with E-state index in [9.17, 15) is 35.5 Å². The second-order valence-corrected chi connectivity index (χ2v) is 9.77. The number of carbonyl (C=O) groups excluding carboxylic acids is 1. The molecular formula is C22H25F7N2O. The Morgan fingerprint density at radius 3 is 1.88 bits per heavy atom. The highest BCUT2D eigenvalue weighted by atomic mass is 19.4. The minimum atomic E-state index is -5.90. The highest BCUT2D eigenvalue weighted by Crippen LogP contribution is 2.61. The Kier molecular flexibility index (Phi) is 5.75. The molecule has 4 fully saturated rings. The third-order valence-corrected chi connectivity index (χ3v) is 7.48. The number of halogens is 7.